The number of benzene rings is 1. The Labute approximate surface area is 132 Å². The highest BCUT2D eigenvalue weighted by Crippen LogP contribution is 2.33. The smallest absolute Gasteiger partial charge is 0.0409 e. The van der Waals surface area contributed by atoms with Crippen LogP contribution in [0.1, 0.15) is 39.2 Å². The standard InChI is InChI=1S/C17H27BrN2/c1-5-10-19-16-9-11-20(14(4)12(16)2)17-8-6-7-15(18)13(17)3/h6-8,12,14,16,19H,5,9-11H2,1-4H3. The van der Waals surface area contributed by atoms with Crippen LogP contribution in [-0.4, -0.2) is 25.2 Å². The van der Waals surface area contributed by atoms with Crippen LogP contribution in [0, 0.1) is 12.8 Å². The van der Waals surface area contributed by atoms with Gasteiger partial charge in [-0.1, -0.05) is 35.8 Å². The molecule has 3 heteroatoms. The first-order valence-corrected chi connectivity index (χ1v) is 8.60. The van der Waals surface area contributed by atoms with Crippen molar-refractivity contribution in [2.24, 2.45) is 5.92 Å². The van der Waals surface area contributed by atoms with Crippen molar-refractivity contribution in [3.63, 3.8) is 0 Å². The van der Waals surface area contributed by atoms with Gasteiger partial charge in [0, 0.05) is 28.8 Å². The molecule has 1 heterocycles. The van der Waals surface area contributed by atoms with Gasteiger partial charge in [-0.2, -0.15) is 0 Å². The third-order valence-electron chi connectivity index (χ3n) is 4.77. The van der Waals surface area contributed by atoms with Crippen LogP contribution in [0.5, 0.6) is 0 Å². The predicted molar refractivity (Wildman–Crippen MR) is 91.5 cm³/mol. The Morgan fingerprint density at radius 3 is 2.80 bits per heavy atom. The van der Waals surface area contributed by atoms with E-state index >= 15 is 0 Å². The molecule has 112 valence electrons. The average Bonchev–Trinajstić information content (AvgIpc) is 2.44. The molecular formula is C17H27BrN2. The van der Waals surface area contributed by atoms with Crippen LogP contribution in [0.15, 0.2) is 22.7 Å². The van der Waals surface area contributed by atoms with Gasteiger partial charge < -0.3 is 10.2 Å². The SMILES string of the molecule is CCCNC1CCN(c2cccc(Br)c2C)C(C)C1C. The summed E-state index contributed by atoms with van der Waals surface area (Å²) in [6.45, 7) is 11.5. The average molecular weight is 339 g/mol. The number of rotatable bonds is 4. The Morgan fingerprint density at radius 2 is 2.10 bits per heavy atom. The lowest BCUT2D eigenvalue weighted by atomic mass is 9.86. The monoisotopic (exact) mass is 338 g/mol. The van der Waals surface area contributed by atoms with Crippen molar-refractivity contribution in [3.8, 4) is 0 Å². The molecule has 0 radical (unpaired) electrons. The van der Waals surface area contributed by atoms with Gasteiger partial charge in [-0.3, -0.25) is 0 Å². The molecule has 1 aromatic carbocycles. The zero-order valence-electron chi connectivity index (χ0n) is 13.1. The Kier molecular flexibility index (Phi) is 5.50. The summed E-state index contributed by atoms with van der Waals surface area (Å²) in [6, 6.07) is 7.76. The first kappa shape index (κ1) is 15.8. The Hall–Kier alpha value is -0.540. The summed E-state index contributed by atoms with van der Waals surface area (Å²) < 4.78 is 1.21. The van der Waals surface area contributed by atoms with E-state index in [1.54, 1.807) is 0 Å². The molecule has 3 atom stereocenters. The molecule has 0 aliphatic carbocycles. The number of hydrogen-bond donors (Lipinski definition) is 1. The molecule has 1 aliphatic rings. The van der Waals surface area contributed by atoms with Crippen molar-refractivity contribution < 1.29 is 0 Å². The fourth-order valence-electron chi connectivity index (χ4n) is 3.23. The van der Waals surface area contributed by atoms with Gasteiger partial charge in [0.15, 0.2) is 0 Å². The summed E-state index contributed by atoms with van der Waals surface area (Å²) in [6.07, 6.45) is 2.45. The van der Waals surface area contributed by atoms with Crippen LogP contribution in [0.4, 0.5) is 5.69 Å². The van der Waals surface area contributed by atoms with Crippen LogP contribution in [-0.2, 0) is 0 Å². The van der Waals surface area contributed by atoms with E-state index in [4.69, 9.17) is 0 Å². The summed E-state index contributed by atoms with van der Waals surface area (Å²) in [5.41, 5.74) is 2.74. The summed E-state index contributed by atoms with van der Waals surface area (Å²) in [7, 11) is 0. The van der Waals surface area contributed by atoms with E-state index in [2.05, 4.69) is 72.0 Å². The maximum Gasteiger partial charge on any atom is 0.0409 e. The van der Waals surface area contributed by atoms with Crippen molar-refractivity contribution in [2.45, 2.75) is 52.6 Å². The van der Waals surface area contributed by atoms with E-state index in [9.17, 15) is 0 Å². The molecule has 1 fully saturated rings. The van der Waals surface area contributed by atoms with Gasteiger partial charge in [0.25, 0.3) is 0 Å². The molecule has 20 heavy (non-hydrogen) atoms. The molecule has 2 nitrogen and oxygen atoms in total. The van der Waals surface area contributed by atoms with Crippen molar-refractivity contribution in [1.29, 1.82) is 0 Å². The molecule has 0 spiro atoms. The van der Waals surface area contributed by atoms with Crippen LogP contribution in [0.3, 0.4) is 0 Å². The maximum absolute atomic E-state index is 3.71. The quantitative estimate of drug-likeness (QED) is 0.877. The lowest BCUT2D eigenvalue weighted by Crippen LogP contribution is -2.53. The Morgan fingerprint density at radius 1 is 1.35 bits per heavy atom. The minimum absolute atomic E-state index is 0.575. The van der Waals surface area contributed by atoms with Crippen molar-refractivity contribution in [1.82, 2.24) is 5.32 Å². The zero-order valence-corrected chi connectivity index (χ0v) is 14.7. The third-order valence-corrected chi connectivity index (χ3v) is 5.63. The Balaban J connectivity index is 2.14. The molecule has 1 aliphatic heterocycles. The molecular weight excluding hydrogens is 312 g/mol. The highest BCUT2D eigenvalue weighted by molar-refractivity contribution is 9.10. The number of anilines is 1. The van der Waals surface area contributed by atoms with Crippen LogP contribution in [0.25, 0.3) is 0 Å². The largest absolute Gasteiger partial charge is 0.368 e. The lowest BCUT2D eigenvalue weighted by molar-refractivity contribution is 0.271. The minimum atomic E-state index is 0.575. The number of hydrogen-bond acceptors (Lipinski definition) is 2. The minimum Gasteiger partial charge on any atom is -0.368 e. The number of halogens is 1. The second kappa shape index (κ2) is 6.95. The molecule has 0 aromatic heterocycles. The van der Waals surface area contributed by atoms with E-state index in [0.717, 1.165) is 13.1 Å². The van der Waals surface area contributed by atoms with Gasteiger partial charge in [-0.05, 0) is 56.8 Å². The van der Waals surface area contributed by atoms with Gasteiger partial charge >= 0.3 is 0 Å². The van der Waals surface area contributed by atoms with E-state index < -0.39 is 0 Å². The lowest BCUT2D eigenvalue weighted by Gasteiger charge is -2.45. The normalized spacial score (nSPS) is 26.9. The molecule has 3 unspecified atom stereocenters. The second-order valence-corrected chi connectivity index (χ2v) is 6.88. The van der Waals surface area contributed by atoms with Crippen LogP contribution in [0.2, 0.25) is 0 Å². The molecule has 1 N–H and O–H groups in total. The second-order valence-electron chi connectivity index (χ2n) is 6.03. The van der Waals surface area contributed by atoms with Gasteiger partial charge in [0.2, 0.25) is 0 Å². The topological polar surface area (TPSA) is 15.3 Å². The van der Waals surface area contributed by atoms with Crippen LogP contribution < -0.4 is 10.2 Å². The predicted octanol–water partition coefficient (Wildman–Crippen LogP) is 4.36. The fraction of sp³-hybridized carbons (Fsp3) is 0.647. The summed E-state index contributed by atoms with van der Waals surface area (Å²) in [5, 5.41) is 3.71. The van der Waals surface area contributed by atoms with Crippen molar-refractivity contribution in [2.75, 3.05) is 18.0 Å². The number of piperidine rings is 1. The first-order chi connectivity index (χ1) is 9.56. The molecule has 2 rings (SSSR count). The Bertz CT molecular complexity index is 447. The van der Waals surface area contributed by atoms with E-state index in [0.29, 0.717) is 18.0 Å². The van der Waals surface area contributed by atoms with Crippen molar-refractivity contribution >= 4 is 21.6 Å². The van der Waals surface area contributed by atoms with Gasteiger partial charge in [-0.25, -0.2) is 0 Å². The molecule has 0 amide bonds. The van der Waals surface area contributed by atoms with E-state index in [1.807, 2.05) is 0 Å². The molecule has 0 saturated carbocycles. The molecule has 1 aromatic rings. The van der Waals surface area contributed by atoms with E-state index in [1.165, 1.54) is 28.6 Å². The van der Waals surface area contributed by atoms with Crippen LogP contribution >= 0.6 is 15.9 Å². The number of nitrogens with one attached hydrogen (secondary N) is 1. The summed E-state index contributed by atoms with van der Waals surface area (Å²) in [4.78, 5) is 2.58. The molecule has 0 bridgehead atoms. The highest BCUT2D eigenvalue weighted by Gasteiger charge is 2.32. The van der Waals surface area contributed by atoms with Gasteiger partial charge in [-0.15, -0.1) is 0 Å². The molecule has 1 saturated heterocycles. The summed E-state index contributed by atoms with van der Waals surface area (Å²) >= 11 is 3.65. The fourth-order valence-corrected chi connectivity index (χ4v) is 3.59. The first-order valence-electron chi connectivity index (χ1n) is 7.81. The van der Waals surface area contributed by atoms with Crippen molar-refractivity contribution in [3.05, 3.63) is 28.2 Å². The third kappa shape index (κ3) is 3.20. The van der Waals surface area contributed by atoms with Gasteiger partial charge in [0.05, 0.1) is 0 Å². The van der Waals surface area contributed by atoms with E-state index in [-0.39, 0.29) is 0 Å². The van der Waals surface area contributed by atoms with Gasteiger partial charge in [0.1, 0.15) is 0 Å². The highest BCUT2D eigenvalue weighted by atomic mass is 79.9. The maximum atomic E-state index is 3.71. The summed E-state index contributed by atoms with van der Waals surface area (Å²) in [5.74, 6) is 0.675. The number of nitrogens with zero attached hydrogens (tertiary/aromatic N) is 1. The zero-order chi connectivity index (χ0) is 14.7.